The minimum atomic E-state index is -4.58. The first-order valence-corrected chi connectivity index (χ1v) is 12.7. The Morgan fingerprint density at radius 3 is 2.64 bits per heavy atom. The maximum Gasteiger partial charge on any atom is 0.433 e. The summed E-state index contributed by atoms with van der Waals surface area (Å²) in [6.07, 6.45) is 0.833. The molecule has 0 bridgehead atoms. The summed E-state index contributed by atoms with van der Waals surface area (Å²) in [6.45, 7) is 2.65. The fraction of sp³-hybridized carbons (Fsp3) is 0.360. The van der Waals surface area contributed by atoms with Crippen LogP contribution in [0.2, 0.25) is 0 Å². The van der Waals surface area contributed by atoms with Gasteiger partial charge in [-0.3, -0.25) is 19.1 Å². The van der Waals surface area contributed by atoms with Crippen LogP contribution in [-0.4, -0.2) is 51.7 Å². The van der Waals surface area contributed by atoms with Crippen LogP contribution in [0.3, 0.4) is 0 Å². The van der Waals surface area contributed by atoms with Crippen LogP contribution in [0.1, 0.15) is 41.4 Å². The lowest BCUT2D eigenvalue weighted by Crippen LogP contribution is -2.46. The molecule has 1 aliphatic carbocycles. The highest BCUT2D eigenvalue weighted by Crippen LogP contribution is 2.45. The van der Waals surface area contributed by atoms with E-state index in [0.29, 0.717) is 24.2 Å². The molecular weight excluding hydrogens is 561 g/mol. The van der Waals surface area contributed by atoms with Gasteiger partial charge in [0.2, 0.25) is 11.8 Å². The molecule has 1 atom stereocenters. The van der Waals surface area contributed by atoms with Gasteiger partial charge in [0.1, 0.15) is 29.8 Å². The van der Waals surface area contributed by atoms with E-state index in [-0.39, 0.29) is 35.0 Å². The lowest BCUT2D eigenvalue weighted by Gasteiger charge is -2.23. The second-order valence-corrected chi connectivity index (χ2v) is 10.1. The van der Waals surface area contributed by atoms with Crippen molar-refractivity contribution in [1.29, 1.82) is 0 Å². The lowest BCUT2D eigenvalue weighted by molar-refractivity contribution is -0.141. The third kappa shape index (κ3) is 4.46. The van der Waals surface area contributed by atoms with Gasteiger partial charge in [0.15, 0.2) is 17.0 Å². The van der Waals surface area contributed by atoms with Crippen LogP contribution in [-0.2, 0) is 30.1 Å². The topological polar surface area (TPSA) is 167 Å². The first-order valence-electron chi connectivity index (χ1n) is 12.7. The fourth-order valence-electron chi connectivity index (χ4n) is 4.91. The standard InChI is InChI=1S/C25H23F3N10O4/c1-12-8-14(9-30-18(12)25(26,27)28)19-29-7-4-15(33-19)34-22(40)24(5-6-24)38-11-31-20-17(38)21(39)37(23(41)36(20)3)10-16-32-13(2)35-42-16/h4,7-9,11,15H,5-6,10H2,1-3H3,(H,29,33)(H,34,40). The van der Waals surface area contributed by atoms with E-state index in [4.69, 9.17) is 4.52 Å². The molecule has 2 N–H and O–H groups in total. The third-order valence-electron chi connectivity index (χ3n) is 7.17. The maximum atomic E-state index is 13.6. The molecular formula is C25H23F3N10O4. The summed E-state index contributed by atoms with van der Waals surface area (Å²) < 4.78 is 48.1. The molecule has 17 heteroatoms. The molecule has 0 spiro atoms. The molecule has 218 valence electrons. The number of hydrogen-bond donors (Lipinski definition) is 2. The monoisotopic (exact) mass is 584 g/mol. The van der Waals surface area contributed by atoms with Crippen molar-refractivity contribution >= 4 is 22.9 Å². The number of nitrogens with zero attached hydrogens (tertiary/aromatic N) is 8. The molecule has 1 aliphatic heterocycles. The predicted octanol–water partition coefficient (Wildman–Crippen LogP) is 0.854. The Morgan fingerprint density at radius 2 is 2.00 bits per heavy atom. The van der Waals surface area contributed by atoms with Gasteiger partial charge in [-0.2, -0.15) is 18.2 Å². The van der Waals surface area contributed by atoms with Crippen LogP contribution >= 0.6 is 0 Å². The maximum absolute atomic E-state index is 13.6. The number of aliphatic imine (C=N–C) groups is 1. The van der Waals surface area contributed by atoms with Crippen molar-refractivity contribution in [2.24, 2.45) is 12.0 Å². The summed E-state index contributed by atoms with van der Waals surface area (Å²) >= 11 is 0. The van der Waals surface area contributed by atoms with E-state index in [1.54, 1.807) is 13.0 Å². The average Bonchev–Trinajstić information content (AvgIpc) is 3.45. The summed E-state index contributed by atoms with van der Waals surface area (Å²) in [6, 6.07) is 1.31. The molecule has 1 amide bonds. The van der Waals surface area contributed by atoms with E-state index in [1.807, 2.05) is 0 Å². The molecule has 4 aromatic heterocycles. The summed E-state index contributed by atoms with van der Waals surface area (Å²) in [5.74, 6) is 0.188. The number of carbonyl (C=O) groups excluding carboxylic acids is 1. The predicted molar refractivity (Wildman–Crippen MR) is 139 cm³/mol. The van der Waals surface area contributed by atoms with E-state index in [0.717, 1.165) is 10.8 Å². The van der Waals surface area contributed by atoms with E-state index >= 15 is 0 Å². The van der Waals surface area contributed by atoms with E-state index in [9.17, 15) is 27.6 Å². The number of aryl methyl sites for hydroxylation is 3. The Kier molecular flexibility index (Phi) is 6.12. The van der Waals surface area contributed by atoms with Crippen LogP contribution in [0.25, 0.3) is 11.2 Å². The number of halogens is 3. The van der Waals surface area contributed by atoms with Gasteiger partial charge in [-0.25, -0.2) is 19.3 Å². The molecule has 2 aliphatic rings. The number of amidine groups is 1. The zero-order valence-electron chi connectivity index (χ0n) is 22.4. The summed E-state index contributed by atoms with van der Waals surface area (Å²) in [4.78, 5) is 56.4. The van der Waals surface area contributed by atoms with Gasteiger partial charge in [0.25, 0.3) is 5.56 Å². The van der Waals surface area contributed by atoms with Crippen LogP contribution in [0, 0.1) is 13.8 Å². The Balaban J connectivity index is 1.30. The Hall–Kier alpha value is -5.09. The van der Waals surface area contributed by atoms with Crippen LogP contribution in [0.4, 0.5) is 13.2 Å². The number of nitrogens with one attached hydrogen (secondary N) is 2. The number of rotatable bonds is 6. The normalized spacial score (nSPS) is 17.7. The SMILES string of the molecule is Cc1noc(Cn2c(=O)c3c(ncn3C3(C(=O)NC4C=CNC(c5cnc(C(F)(F)F)c(C)c5)=N4)CC3)n(C)c2=O)n1. The van der Waals surface area contributed by atoms with Crippen molar-refractivity contribution in [3.05, 3.63) is 80.2 Å². The fourth-order valence-corrected chi connectivity index (χ4v) is 4.91. The number of alkyl halides is 3. The Morgan fingerprint density at radius 1 is 1.24 bits per heavy atom. The molecule has 0 radical (unpaired) electrons. The number of amides is 1. The van der Waals surface area contributed by atoms with Gasteiger partial charge in [-0.05, 0) is 44.4 Å². The molecule has 6 rings (SSSR count). The minimum absolute atomic E-state index is 0.0531. The molecule has 14 nitrogen and oxygen atoms in total. The number of imidazole rings is 1. The highest BCUT2D eigenvalue weighted by Gasteiger charge is 2.53. The van der Waals surface area contributed by atoms with Crippen molar-refractivity contribution in [1.82, 2.24) is 44.4 Å². The van der Waals surface area contributed by atoms with Crippen molar-refractivity contribution in [3.8, 4) is 0 Å². The summed E-state index contributed by atoms with van der Waals surface area (Å²) in [5, 5.41) is 9.36. The Bertz CT molecular complexity index is 1930. The quantitative estimate of drug-likeness (QED) is 0.334. The van der Waals surface area contributed by atoms with Gasteiger partial charge >= 0.3 is 11.9 Å². The molecule has 0 aromatic carbocycles. The van der Waals surface area contributed by atoms with Gasteiger partial charge in [0.05, 0.1) is 6.33 Å². The molecule has 42 heavy (non-hydrogen) atoms. The third-order valence-corrected chi connectivity index (χ3v) is 7.17. The largest absolute Gasteiger partial charge is 0.433 e. The number of carbonyl (C=O) groups is 1. The van der Waals surface area contributed by atoms with Crippen LogP contribution in [0.15, 0.2) is 50.0 Å². The average molecular weight is 585 g/mol. The van der Waals surface area contributed by atoms with E-state index in [1.165, 1.54) is 41.7 Å². The molecule has 5 heterocycles. The van der Waals surface area contributed by atoms with Crippen LogP contribution < -0.4 is 21.9 Å². The smallest absolute Gasteiger partial charge is 0.347 e. The number of hydrogen-bond acceptors (Lipinski definition) is 10. The molecule has 1 unspecified atom stereocenters. The molecule has 0 saturated heterocycles. The van der Waals surface area contributed by atoms with Gasteiger partial charge in [-0.1, -0.05) is 5.16 Å². The van der Waals surface area contributed by atoms with Crippen molar-refractivity contribution in [2.45, 2.75) is 51.1 Å². The molecule has 4 aromatic rings. The van der Waals surface area contributed by atoms with E-state index in [2.05, 4.69) is 35.7 Å². The van der Waals surface area contributed by atoms with E-state index < -0.39 is 40.7 Å². The first-order chi connectivity index (χ1) is 19.9. The highest BCUT2D eigenvalue weighted by atomic mass is 19.4. The lowest BCUT2D eigenvalue weighted by atomic mass is 10.1. The first kappa shape index (κ1) is 27.1. The van der Waals surface area contributed by atoms with Crippen molar-refractivity contribution in [3.63, 3.8) is 0 Å². The molecule has 1 saturated carbocycles. The highest BCUT2D eigenvalue weighted by molar-refractivity contribution is 6.00. The second-order valence-electron chi connectivity index (χ2n) is 10.1. The molecule has 1 fully saturated rings. The number of aromatic nitrogens is 7. The van der Waals surface area contributed by atoms with Crippen molar-refractivity contribution in [2.75, 3.05) is 0 Å². The van der Waals surface area contributed by atoms with Crippen molar-refractivity contribution < 1.29 is 22.5 Å². The second kappa shape index (κ2) is 9.49. The summed E-state index contributed by atoms with van der Waals surface area (Å²) in [7, 11) is 1.46. The number of fused-ring (bicyclic) bond motifs is 1. The van der Waals surface area contributed by atoms with Crippen LogP contribution in [0.5, 0.6) is 0 Å². The Labute approximate surface area is 233 Å². The zero-order valence-corrected chi connectivity index (χ0v) is 22.4. The zero-order chi connectivity index (χ0) is 30.0. The van der Waals surface area contributed by atoms with Gasteiger partial charge in [-0.15, -0.1) is 0 Å². The number of pyridine rings is 1. The van der Waals surface area contributed by atoms with Gasteiger partial charge < -0.3 is 19.7 Å². The summed E-state index contributed by atoms with van der Waals surface area (Å²) in [5.41, 5.74) is -3.07. The van der Waals surface area contributed by atoms with Gasteiger partial charge in [0, 0.05) is 25.0 Å². The minimum Gasteiger partial charge on any atom is -0.347 e.